The molecule has 5 saturated carbocycles. The Hall–Kier alpha value is -1.59. The predicted octanol–water partition coefficient (Wildman–Crippen LogP) is 3.19. The molecule has 6 heteroatoms. The monoisotopic (exact) mass is 418 g/mol. The van der Waals surface area contributed by atoms with Crippen molar-refractivity contribution in [2.75, 3.05) is 13.2 Å². The summed E-state index contributed by atoms with van der Waals surface area (Å²) < 4.78 is 5.09. The van der Waals surface area contributed by atoms with Crippen LogP contribution in [0.5, 0.6) is 0 Å². The second kappa shape index (κ2) is 8.88. The summed E-state index contributed by atoms with van der Waals surface area (Å²) in [5.74, 6) is 2.59. The lowest BCUT2D eigenvalue weighted by molar-refractivity contribution is -0.149. The molecule has 0 aromatic rings. The van der Waals surface area contributed by atoms with Gasteiger partial charge < -0.3 is 15.4 Å². The standard InChI is InChI=1S/C24H38N2O4/c1-15-4-3-5-20(16(15)2)26-22(28)14-30-23(29)13-25-21(27)12-24-9-17-6-18(10-24)8-19(7-17)11-24/h15-20H,3-14H2,1-2H3,(H,25,27)(H,26,28)/t15-,16-,17?,18?,19?,20-,24?/m1/s1. The number of hydrogen-bond donors (Lipinski definition) is 2. The van der Waals surface area contributed by atoms with E-state index in [0.29, 0.717) is 18.3 Å². The number of hydrogen-bond acceptors (Lipinski definition) is 4. The van der Waals surface area contributed by atoms with Crippen molar-refractivity contribution >= 4 is 17.8 Å². The normalized spacial score (nSPS) is 39.4. The van der Waals surface area contributed by atoms with Gasteiger partial charge in [0.05, 0.1) is 0 Å². The van der Waals surface area contributed by atoms with Gasteiger partial charge in [0.2, 0.25) is 5.91 Å². The smallest absolute Gasteiger partial charge is 0.325 e. The Morgan fingerprint density at radius 1 is 0.933 bits per heavy atom. The van der Waals surface area contributed by atoms with Gasteiger partial charge in [0.1, 0.15) is 6.54 Å². The van der Waals surface area contributed by atoms with Crippen LogP contribution in [0.1, 0.15) is 78.1 Å². The van der Waals surface area contributed by atoms with E-state index in [-0.39, 0.29) is 36.4 Å². The van der Waals surface area contributed by atoms with E-state index in [9.17, 15) is 14.4 Å². The Balaban J connectivity index is 1.14. The van der Waals surface area contributed by atoms with E-state index in [1.54, 1.807) is 0 Å². The van der Waals surface area contributed by atoms with Crippen molar-refractivity contribution in [3.63, 3.8) is 0 Å². The maximum Gasteiger partial charge on any atom is 0.325 e. The van der Waals surface area contributed by atoms with Crippen LogP contribution < -0.4 is 10.6 Å². The van der Waals surface area contributed by atoms with E-state index in [0.717, 1.165) is 30.6 Å². The summed E-state index contributed by atoms with van der Waals surface area (Å²) in [4.78, 5) is 36.7. The fraction of sp³-hybridized carbons (Fsp3) is 0.875. The van der Waals surface area contributed by atoms with Crippen LogP contribution in [0.3, 0.4) is 0 Å². The number of carbonyl (C=O) groups is 3. The third-order valence-corrected chi connectivity index (χ3v) is 8.55. The van der Waals surface area contributed by atoms with Crippen molar-refractivity contribution < 1.29 is 19.1 Å². The molecule has 5 aliphatic carbocycles. The Morgan fingerprint density at radius 3 is 2.20 bits per heavy atom. The first-order valence-corrected chi connectivity index (χ1v) is 12.0. The van der Waals surface area contributed by atoms with Crippen LogP contribution in [-0.4, -0.2) is 37.0 Å². The average molecular weight is 419 g/mol. The maximum absolute atomic E-state index is 12.5. The fourth-order valence-corrected chi connectivity index (χ4v) is 7.31. The lowest BCUT2D eigenvalue weighted by atomic mass is 9.49. The summed E-state index contributed by atoms with van der Waals surface area (Å²) in [7, 11) is 0. The van der Waals surface area contributed by atoms with Gasteiger partial charge in [-0.1, -0.05) is 26.7 Å². The zero-order chi connectivity index (χ0) is 21.3. The third kappa shape index (κ3) is 5.00. The largest absolute Gasteiger partial charge is 0.454 e. The highest BCUT2D eigenvalue weighted by Gasteiger charge is 2.51. The molecule has 0 unspecified atom stereocenters. The lowest BCUT2D eigenvalue weighted by Crippen LogP contribution is -2.48. The second-order valence-electron chi connectivity index (χ2n) is 11.0. The van der Waals surface area contributed by atoms with Gasteiger partial charge in [0.15, 0.2) is 6.61 Å². The van der Waals surface area contributed by atoms with Gasteiger partial charge in [-0.3, -0.25) is 14.4 Å². The van der Waals surface area contributed by atoms with Crippen molar-refractivity contribution in [1.29, 1.82) is 0 Å². The third-order valence-electron chi connectivity index (χ3n) is 8.55. The Kier molecular flexibility index (Phi) is 6.40. The quantitative estimate of drug-likeness (QED) is 0.622. The van der Waals surface area contributed by atoms with Crippen molar-refractivity contribution in [3.05, 3.63) is 0 Å². The highest BCUT2D eigenvalue weighted by atomic mass is 16.5. The van der Waals surface area contributed by atoms with E-state index in [4.69, 9.17) is 4.74 Å². The van der Waals surface area contributed by atoms with Gasteiger partial charge in [0, 0.05) is 12.5 Å². The zero-order valence-corrected chi connectivity index (χ0v) is 18.6. The van der Waals surface area contributed by atoms with Crippen molar-refractivity contribution in [3.8, 4) is 0 Å². The summed E-state index contributed by atoms with van der Waals surface area (Å²) in [6, 6.07) is 0.153. The molecule has 30 heavy (non-hydrogen) atoms. The highest BCUT2D eigenvalue weighted by Crippen LogP contribution is 2.61. The van der Waals surface area contributed by atoms with E-state index < -0.39 is 5.97 Å². The van der Waals surface area contributed by atoms with Gasteiger partial charge in [-0.2, -0.15) is 0 Å². The second-order valence-corrected chi connectivity index (χ2v) is 11.0. The molecule has 168 valence electrons. The minimum atomic E-state index is -0.547. The minimum absolute atomic E-state index is 0.0524. The molecule has 5 rings (SSSR count). The van der Waals surface area contributed by atoms with Crippen molar-refractivity contribution in [1.82, 2.24) is 10.6 Å². The first-order valence-electron chi connectivity index (χ1n) is 12.0. The number of nitrogens with one attached hydrogen (secondary N) is 2. The molecular weight excluding hydrogens is 380 g/mol. The van der Waals surface area contributed by atoms with Crippen LogP contribution >= 0.6 is 0 Å². The van der Waals surface area contributed by atoms with E-state index in [1.165, 1.54) is 44.9 Å². The van der Waals surface area contributed by atoms with E-state index in [2.05, 4.69) is 24.5 Å². The molecule has 0 radical (unpaired) electrons. The molecule has 2 amide bonds. The average Bonchev–Trinajstić information content (AvgIpc) is 2.67. The molecule has 5 aliphatic rings. The Labute approximate surface area is 180 Å². The lowest BCUT2D eigenvalue weighted by Gasteiger charge is -2.56. The zero-order valence-electron chi connectivity index (χ0n) is 18.6. The Morgan fingerprint density at radius 2 is 1.57 bits per heavy atom. The predicted molar refractivity (Wildman–Crippen MR) is 113 cm³/mol. The van der Waals surface area contributed by atoms with Crippen LogP contribution in [-0.2, 0) is 19.1 Å². The first kappa shape index (κ1) is 21.6. The van der Waals surface area contributed by atoms with Gasteiger partial charge in [0.25, 0.3) is 5.91 Å². The molecule has 0 aromatic carbocycles. The topological polar surface area (TPSA) is 84.5 Å². The number of amides is 2. The van der Waals surface area contributed by atoms with Gasteiger partial charge in [-0.05, 0) is 80.0 Å². The molecule has 0 spiro atoms. The van der Waals surface area contributed by atoms with Crippen LogP contribution in [0, 0.1) is 35.0 Å². The van der Waals surface area contributed by atoms with Crippen molar-refractivity contribution in [2.24, 2.45) is 35.0 Å². The molecule has 4 bridgehead atoms. The fourth-order valence-electron chi connectivity index (χ4n) is 7.31. The molecule has 0 aliphatic heterocycles. The summed E-state index contributed by atoms with van der Waals surface area (Å²) in [6.45, 7) is 3.95. The minimum Gasteiger partial charge on any atom is -0.454 e. The molecular formula is C24H38N2O4. The van der Waals surface area contributed by atoms with Crippen LogP contribution in [0.2, 0.25) is 0 Å². The summed E-state index contributed by atoms with van der Waals surface area (Å²) in [6.07, 6.45) is 11.4. The molecule has 0 saturated heterocycles. The Bertz CT molecular complexity index is 641. The summed E-state index contributed by atoms with van der Waals surface area (Å²) >= 11 is 0. The van der Waals surface area contributed by atoms with Gasteiger partial charge in [-0.15, -0.1) is 0 Å². The first-order chi connectivity index (χ1) is 14.3. The molecule has 0 heterocycles. The summed E-state index contributed by atoms with van der Waals surface area (Å²) in [5, 5.41) is 5.73. The number of esters is 1. The summed E-state index contributed by atoms with van der Waals surface area (Å²) in [5.41, 5.74) is 0.163. The van der Waals surface area contributed by atoms with Crippen LogP contribution in [0.4, 0.5) is 0 Å². The van der Waals surface area contributed by atoms with Gasteiger partial charge in [-0.25, -0.2) is 0 Å². The SMILES string of the molecule is C[C@@H]1[C@H](C)CCC[C@H]1NC(=O)COC(=O)CNC(=O)CC12CC3CC(CC(C3)C1)C2. The highest BCUT2D eigenvalue weighted by molar-refractivity contribution is 5.84. The van der Waals surface area contributed by atoms with Gasteiger partial charge >= 0.3 is 5.97 Å². The molecule has 5 fully saturated rings. The number of rotatable bonds is 7. The van der Waals surface area contributed by atoms with Crippen LogP contribution in [0.25, 0.3) is 0 Å². The molecule has 6 nitrogen and oxygen atoms in total. The van der Waals surface area contributed by atoms with E-state index >= 15 is 0 Å². The van der Waals surface area contributed by atoms with E-state index in [1.807, 2.05) is 0 Å². The number of ether oxygens (including phenoxy) is 1. The molecule has 2 N–H and O–H groups in total. The maximum atomic E-state index is 12.5. The number of carbonyl (C=O) groups excluding carboxylic acids is 3. The molecule has 3 atom stereocenters. The van der Waals surface area contributed by atoms with Crippen molar-refractivity contribution in [2.45, 2.75) is 84.1 Å². The van der Waals surface area contributed by atoms with Crippen LogP contribution in [0.15, 0.2) is 0 Å². The molecule has 0 aromatic heterocycles.